The van der Waals surface area contributed by atoms with Gasteiger partial charge in [-0.15, -0.1) is 0 Å². The molecule has 0 bridgehead atoms. The van der Waals surface area contributed by atoms with Crippen molar-refractivity contribution in [3.8, 4) is 0 Å². The SMILES string of the molecule is CCC(=O)Nc1ccc(C)c(NC(=O)NC[C@]2(N(C)C)CCSC2)c1. The number of carbonyl (C=O) groups is 2. The van der Waals surface area contributed by atoms with E-state index in [4.69, 9.17) is 0 Å². The predicted octanol–water partition coefficient (Wildman–Crippen LogP) is 2.90. The highest BCUT2D eigenvalue weighted by Gasteiger charge is 2.36. The molecule has 25 heavy (non-hydrogen) atoms. The number of benzene rings is 1. The van der Waals surface area contributed by atoms with E-state index in [1.54, 1.807) is 13.0 Å². The first-order valence-corrected chi connectivity index (χ1v) is 9.72. The molecule has 2 rings (SSSR count). The van der Waals surface area contributed by atoms with Crippen LogP contribution in [0.5, 0.6) is 0 Å². The first kappa shape index (κ1) is 19.6. The Hall–Kier alpha value is -1.73. The van der Waals surface area contributed by atoms with Crippen LogP contribution < -0.4 is 16.0 Å². The van der Waals surface area contributed by atoms with Crippen LogP contribution in [0.15, 0.2) is 18.2 Å². The Labute approximate surface area is 154 Å². The van der Waals surface area contributed by atoms with Crippen molar-refractivity contribution >= 4 is 35.1 Å². The molecular formula is C18H28N4O2S. The molecule has 138 valence electrons. The smallest absolute Gasteiger partial charge is 0.319 e. The van der Waals surface area contributed by atoms with Crippen molar-refractivity contribution in [3.05, 3.63) is 23.8 Å². The summed E-state index contributed by atoms with van der Waals surface area (Å²) in [6.45, 7) is 4.35. The third-order valence-electron chi connectivity index (χ3n) is 4.70. The number of amides is 3. The number of carbonyl (C=O) groups excluding carboxylic acids is 2. The van der Waals surface area contributed by atoms with Crippen LogP contribution in [-0.4, -0.2) is 54.5 Å². The van der Waals surface area contributed by atoms with E-state index in [-0.39, 0.29) is 17.5 Å². The molecule has 1 fully saturated rings. The van der Waals surface area contributed by atoms with Gasteiger partial charge in [-0.3, -0.25) is 4.79 Å². The maximum absolute atomic E-state index is 12.3. The van der Waals surface area contributed by atoms with Gasteiger partial charge < -0.3 is 20.9 Å². The van der Waals surface area contributed by atoms with Crippen LogP contribution in [0.4, 0.5) is 16.2 Å². The number of hydrogen-bond donors (Lipinski definition) is 3. The maximum Gasteiger partial charge on any atom is 0.319 e. The Balaban J connectivity index is 1.98. The molecule has 1 atom stereocenters. The van der Waals surface area contributed by atoms with Gasteiger partial charge in [0.05, 0.1) is 0 Å². The fourth-order valence-corrected chi connectivity index (χ4v) is 4.30. The lowest BCUT2D eigenvalue weighted by Gasteiger charge is -2.35. The third kappa shape index (κ3) is 5.12. The summed E-state index contributed by atoms with van der Waals surface area (Å²) in [6.07, 6.45) is 1.49. The van der Waals surface area contributed by atoms with Crippen LogP contribution in [-0.2, 0) is 4.79 Å². The fourth-order valence-electron chi connectivity index (χ4n) is 2.74. The van der Waals surface area contributed by atoms with Crippen LogP contribution in [0.2, 0.25) is 0 Å². The van der Waals surface area contributed by atoms with Gasteiger partial charge in [0.15, 0.2) is 0 Å². The van der Waals surface area contributed by atoms with E-state index >= 15 is 0 Å². The molecule has 0 spiro atoms. The fraction of sp³-hybridized carbons (Fsp3) is 0.556. The van der Waals surface area contributed by atoms with Crippen LogP contribution >= 0.6 is 11.8 Å². The largest absolute Gasteiger partial charge is 0.336 e. The van der Waals surface area contributed by atoms with E-state index in [0.717, 1.165) is 23.5 Å². The van der Waals surface area contributed by atoms with Gasteiger partial charge in [0, 0.05) is 35.6 Å². The number of nitrogens with one attached hydrogen (secondary N) is 3. The average Bonchev–Trinajstić information content (AvgIpc) is 3.06. The second-order valence-corrected chi connectivity index (χ2v) is 7.77. The van der Waals surface area contributed by atoms with Crippen molar-refractivity contribution in [2.24, 2.45) is 0 Å². The number of nitrogens with zero attached hydrogens (tertiary/aromatic N) is 1. The first-order valence-electron chi connectivity index (χ1n) is 8.57. The minimum absolute atomic E-state index is 0.0218. The topological polar surface area (TPSA) is 73.5 Å². The zero-order valence-electron chi connectivity index (χ0n) is 15.4. The standard InChI is InChI=1S/C18H28N4O2S/c1-5-16(23)20-14-7-6-13(2)15(10-14)21-17(24)19-11-18(22(3)4)8-9-25-12-18/h6-7,10H,5,8-9,11-12H2,1-4H3,(H,20,23)(H2,19,21,24)/t18-/m1/s1. The van der Waals surface area contributed by atoms with Crippen LogP contribution in [0.3, 0.4) is 0 Å². The Morgan fingerprint density at radius 3 is 2.64 bits per heavy atom. The molecule has 0 unspecified atom stereocenters. The summed E-state index contributed by atoms with van der Waals surface area (Å²) in [5.41, 5.74) is 2.35. The summed E-state index contributed by atoms with van der Waals surface area (Å²) in [4.78, 5) is 26.1. The van der Waals surface area contributed by atoms with Gasteiger partial charge in [0.2, 0.25) is 5.91 Å². The average molecular weight is 365 g/mol. The van der Waals surface area contributed by atoms with Gasteiger partial charge in [-0.05, 0) is 50.9 Å². The zero-order chi connectivity index (χ0) is 18.4. The van der Waals surface area contributed by atoms with E-state index in [1.807, 2.05) is 30.8 Å². The minimum Gasteiger partial charge on any atom is -0.336 e. The molecule has 1 aromatic rings. The van der Waals surface area contributed by atoms with Gasteiger partial charge in [0.1, 0.15) is 0 Å². The van der Waals surface area contributed by atoms with Gasteiger partial charge >= 0.3 is 6.03 Å². The van der Waals surface area contributed by atoms with E-state index < -0.39 is 0 Å². The Bertz CT molecular complexity index is 628. The van der Waals surface area contributed by atoms with Gasteiger partial charge in [-0.1, -0.05) is 13.0 Å². The molecule has 3 N–H and O–H groups in total. The Morgan fingerprint density at radius 2 is 2.04 bits per heavy atom. The molecule has 7 heteroatoms. The molecule has 0 saturated carbocycles. The van der Waals surface area contributed by atoms with Crippen molar-refractivity contribution in [1.29, 1.82) is 0 Å². The molecule has 1 heterocycles. The molecule has 0 aromatic heterocycles. The Morgan fingerprint density at radius 1 is 1.28 bits per heavy atom. The van der Waals surface area contributed by atoms with Gasteiger partial charge in [-0.2, -0.15) is 11.8 Å². The highest BCUT2D eigenvalue weighted by atomic mass is 32.2. The zero-order valence-corrected chi connectivity index (χ0v) is 16.3. The molecule has 1 aliphatic heterocycles. The van der Waals surface area contributed by atoms with Crippen LogP contribution in [0.25, 0.3) is 0 Å². The summed E-state index contributed by atoms with van der Waals surface area (Å²) in [5, 5.41) is 8.71. The molecule has 0 radical (unpaired) electrons. The summed E-state index contributed by atoms with van der Waals surface area (Å²) in [5.74, 6) is 2.10. The summed E-state index contributed by atoms with van der Waals surface area (Å²) in [6, 6.07) is 5.29. The normalized spacial score (nSPS) is 19.7. The highest BCUT2D eigenvalue weighted by molar-refractivity contribution is 7.99. The van der Waals surface area contributed by atoms with E-state index in [1.165, 1.54) is 0 Å². The van der Waals surface area contributed by atoms with Crippen molar-refractivity contribution < 1.29 is 9.59 Å². The van der Waals surface area contributed by atoms with E-state index in [2.05, 4.69) is 34.9 Å². The lowest BCUT2D eigenvalue weighted by atomic mass is 9.97. The highest BCUT2D eigenvalue weighted by Crippen LogP contribution is 2.31. The van der Waals surface area contributed by atoms with Crippen LogP contribution in [0.1, 0.15) is 25.3 Å². The summed E-state index contributed by atoms with van der Waals surface area (Å²) < 4.78 is 0. The Kier molecular flexibility index (Phi) is 6.72. The molecule has 3 amide bonds. The monoisotopic (exact) mass is 364 g/mol. The second kappa shape index (κ2) is 8.58. The van der Waals surface area contributed by atoms with Crippen molar-refractivity contribution in [1.82, 2.24) is 10.2 Å². The van der Waals surface area contributed by atoms with E-state index in [9.17, 15) is 9.59 Å². The number of rotatable bonds is 6. The van der Waals surface area contributed by atoms with Crippen molar-refractivity contribution in [3.63, 3.8) is 0 Å². The van der Waals surface area contributed by atoms with Gasteiger partial charge in [0.25, 0.3) is 0 Å². The first-order chi connectivity index (χ1) is 11.9. The lowest BCUT2D eigenvalue weighted by Crippen LogP contribution is -2.53. The molecule has 6 nitrogen and oxygen atoms in total. The minimum atomic E-state index is -0.222. The number of hydrogen-bond acceptors (Lipinski definition) is 4. The maximum atomic E-state index is 12.3. The predicted molar refractivity (Wildman–Crippen MR) is 105 cm³/mol. The molecule has 0 aliphatic carbocycles. The van der Waals surface area contributed by atoms with Crippen LogP contribution in [0, 0.1) is 6.92 Å². The number of urea groups is 1. The molecule has 1 aliphatic rings. The molecule has 1 aromatic carbocycles. The lowest BCUT2D eigenvalue weighted by molar-refractivity contribution is -0.115. The van der Waals surface area contributed by atoms with E-state index in [0.29, 0.717) is 24.3 Å². The second-order valence-electron chi connectivity index (χ2n) is 6.66. The third-order valence-corrected chi connectivity index (χ3v) is 5.93. The van der Waals surface area contributed by atoms with Crippen molar-refractivity contribution in [2.75, 3.05) is 42.8 Å². The number of likely N-dealkylation sites (N-methyl/N-ethyl adjacent to an activating group) is 1. The number of anilines is 2. The summed E-state index contributed by atoms with van der Waals surface area (Å²) in [7, 11) is 4.13. The molecular weight excluding hydrogens is 336 g/mol. The van der Waals surface area contributed by atoms with Gasteiger partial charge in [-0.25, -0.2) is 4.79 Å². The molecule has 1 saturated heterocycles. The quantitative estimate of drug-likeness (QED) is 0.726. The summed E-state index contributed by atoms with van der Waals surface area (Å²) >= 11 is 1.92. The number of aryl methyl sites for hydroxylation is 1. The van der Waals surface area contributed by atoms with Crippen molar-refractivity contribution in [2.45, 2.75) is 32.2 Å². The number of thioether (sulfide) groups is 1.